The molecular formula is C23H19Br2N2O3+. The zero-order valence-corrected chi connectivity index (χ0v) is 19.0. The third-order valence-electron chi connectivity index (χ3n) is 5.32. The van der Waals surface area contributed by atoms with Gasteiger partial charge in [-0.3, -0.25) is 0 Å². The maximum Gasteiger partial charge on any atom is 0.231 e. The Morgan fingerprint density at radius 3 is 2.50 bits per heavy atom. The Morgan fingerprint density at radius 1 is 0.900 bits per heavy atom. The van der Waals surface area contributed by atoms with E-state index >= 15 is 0 Å². The number of benzene rings is 3. The minimum absolute atomic E-state index is 0.0214. The standard InChI is InChI=1S/C23H18Br2N2O3/c24-15-4-1-13(2-5-15)23-26-18(14-3-8-21-22(9-14)30-12-29-21)11-19(27-23)17-10-16(25)6-7-20(17)28/h1-11,19,23,26-28H,12H2/p+1. The molecule has 2 aliphatic rings. The Bertz CT molecular complexity index is 1130. The molecule has 3 aromatic rings. The first-order valence-electron chi connectivity index (χ1n) is 9.54. The van der Waals surface area contributed by atoms with Gasteiger partial charge in [-0.1, -0.05) is 31.9 Å². The van der Waals surface area contributed by atoms with E-state index in [9.17, 15) is 5.11 Å². The summed E-state index contributed by atoms with van der Waals surface area (Å²) in [4.78, 5) is 0. The van der Waals surface area contributed by atoms with Crippen LogP contribution in [0.1, 0.15) is 28.9 Å². The molecule has 0 saturated carbocycles. The molecule has 3 aromatic carbocycles. The molecule has 2 unspecified atom stereocenters. The molecule has 2 atom stereocenters. The highest BCUT2D eigenvalue weighted by Gasteiger charge is 2.30. The number of nitrogens with two attached hydrogens (primary N) is 1. The third-order valence-corrected chi connectivity index (χ3v) is 6.34. The number of hydrogen-bond donors (Lipinski definition) is 3. The normalized spacial score (nSPS) is 19.9. The number of hydrogen-bond acceptors (Lipinski definition) is 4. The van der Waals surface area contributed by atoms with Gasteiger partial charge in [0.25, 0.3) is 0 Å². The van der Waals surface area contributed by atoms with Gasteiger partial charge in [-0.15, -0.1) is 0 Å². The second-order valence-electron chi connectivity index (χ2n) is 7.24. The average molecular weight is 531 g/mol. The summed E-state index contributed by atoms with van der Waals surface area (Å²) in [5.41, 5.74) is 3.98. The number of ether oxygens (including phenoxy) is 2. The number of phenols is 1. The summed E-state index contributed by atoms with van der Waals surface area (Å²) in [6.07, 6.45) is 2.11. The number of quaternary nitrogens is 1. The number of phenolic OH excluding ortho intramolecular Hbond substituents is 1. The minimum Gasteiger partial charge on any atom is -0.507 e. The van der Waals surface area contributed by atoms with Crippen molar-refractivity contribution in [3.05, 3.63) is 92.4 Å². The lowest BCUT2D eigenvalue weighted by molar-refractivity contribution is -0.731. The molecule has 0 spiro atoms. The van der Waals surface area contributed by atoms with Crippen LogP contribution in [0.5, 0.6) is 17.2 Å². The number of fused-ring (bicyclic) bond motifs is 1. The first kappa shape index (κ1) is 19.5. The molecule has 0 fully saturated rings. The highest BCUT2D eigenvalue weighted by atomic mass is 79.9. The van der Waals surface area contributed by atoms with Crippen molar-refractivity contribution in [3.8, 4) is 17.2 Å². The second-order valence-corrected chi connectivity index (χ2v) is 9.07. The van der Waals surface area contributed by atoms with Crippen LogP contribution in [0.3, 0.4) is 0 Å². The Labute approximate surface area is 191 Å². The summed E-state index contributed by atoms with van der Waals surface area (Å²) in [5.74, 6) is 1.77. The molecule has 0 amide bonds. The summed E-state index contributed by atoms with van der Waals surface area (Å²) in [6.45, 7) is 0.245. The van der Waals surface area contributed by atoms with Crippen LogP contribution >= 0.6 is 31.9 Å². The number of rotatable bonds is 3. The van der Waals surface area contributed by atoms with Crippen molar-refractivity contribution in [2.24, 2.45) is 0 Å². The van der Waals surface area contributed by atoms with Crippen LogP contribution < -0.4 is 20.1 Å². The van der Waals surface area contributed by atoms with Gasteiger partial charge in [0.1, 0.15) is 11.8 Å². The first-order chi connectivity index (χ1) is 14.6. The summed E-state index contributed by atoms with van der Waals surface area (Å²) in [7, 11) is 0. The number of aromatic hydroxyl groups is 1. The molecule has 2 heterocycles. The van der Waals surface area contributed by atoms with Gasteiger partial charge in [0.05, 0.1) is 5.56 Å². The molecule has 4 N–H and O–H groups in total. The van der Waals surface area contributed by atoms with Gasteiger partial charge in [0.2, 0.25) is 6.79 Å². The van der Waals surface area contributed by atoms with Gasteiger partial charge in [-0.05, 0) is 60.7 Å². The Hall–Kier alpha value is -2.48. The van der Waals surface area contributed by atoms with E-state index in [1.54, 1.807) is 6.07 Å². The number of halogens is 2. The van der Waals surface area contributed by atoms with E-state index in [1.807, 2.05) is 42.5 Å². The van der Waals surface area contributed by atoms with Gasteiger partial charge in [0, 0.05) is 31.8 Å². The molecule has 5 rings (SSSR count). The summed E-state index contributed by atoms with van der Waals surface area (Å²) in [6, 6.07) is 19.7. The molecule has 152 valence electrons. The lowest BCUT2D eigenvalue weighted by Crippen LogP contribution is -2.89. The van der Waals surface area contributed by atoms with Crippen molar-refractivity contribution < 1.29 is 19.9 Å². The Balaban J connectivity index is 1.57. The SMILES string of the molecule is Oc1ccc(Br)cc1C1C=C(c2ccc3c(c2)OCO3)NC(c2ccc(Br)cc2)[NH2+]1. The van der Waals surface area contributed by atoms with Crippen LogP contribution in [0.2, 0.25) is 0 Å². The minimum atomic E-state index is -0.0715. The van der Waals surface area contributed by atoms with Crippen LogP contribution in [0, 0.1) is 0 Å². The van der Waals surface area contributed by atoms with E-state index < -0.39 is 0 Å². The van der Waals surface area contributed by atoms with Gasteiger partial charge in [0.15, 0.2) is 17.7 Å². The Kier molecular flexibility index (Phi) is 5.18. The number of nitrogens with one attached hydrogen (secondary N) is 1. The Morgan fingerprint density at radius 2 is 1.67 bits per heavy atom. The van der Waals surface area contributed by atoms with E-state index in [0.29, 0.717) is 0 Å². The molecule has 0 radical (unpaired) electrons. The lowest BCUT2D eigenvalue weighted by Gasteiger charge is -2.30. The molecule has 5 nitrogen and oxygen atoms in total. The van der Waals surface area contributed by atoms with E-state index in [4.69, 9.17) is 9.47 Å². The lowest BCUT2D eigenvalue weighted by atomic mass is 9.97. The van der Waals surface area contributed by atoms with Crippen molar-refractivity contribution in [2.45, 2.75) is 12.2 Å². The van der Waals surface area contributed by atoms with Gasteiger partial charge in [-0.2, -0.15) is 0 Å². The summed E-state index contributed by atoms with van der Waals surface area (Å²) < 4.78 is 13.0. The monoisotopic (exact) mass is 529 g/mol. The van der Waals surface area contributed by atoms with E-state index in [2.05, 4.69) is 60.7 Å². The topological polar surface area (TPSA) is 67.3 Å². The zero-order valence-electron chi connectivity index (χ0n) is 15.8. The molecule has 0 aromatic heterocycles. The summed E-state index contributed by atoms with van der Waals surface area (Å²) >= 11 is 7.03. The van der Waals surface area contributed by atoms with Crippen molar-refractivity contribution >= 4 is 37.6 Å². The van der Waals surface area contributed by atoms with Crippen LogP contribution in [0.25, 0.3) is 5.70 Å². The van der Waals surface area contributed by atoms with Gasteiger partial charge in [-0.25, -0.2) is 0 Å². The molecule has 2 aliphatic heterocycles. The van der Waals surface area contributed by atoms with Crippen LogP contribution in [-0.4, -0.2) is 11.9 Å². The summed E-state index contributed by atoms with van der Waals surface area (Å²) in [5, 5.41) is 16.4. The van der Waals surface area contributed by atoms with Gasteiger partial charge >= 0.3 is 0 Å². The molecule has 0 aliphatic carbocycles. The van der Waals surface area contributed by atoms with Crippen molar-refractivity contribution in [2.75, 3.05) is 6.79 Å². The maximum absolute atomic E-state index is 10.5. The van der Waals surface area contributed by atoms with Crippen LogP contribution in [0.15, 0.2) is 75.7 Å². The van der Waals surface area contributed by atoms with Crippen molar-refractivity contribution in [1.82, 2.24) is 5.32 Å². The second kappa shape index (κ2) is 7.98. The van der Waals surface area contributed by atoms with Crippen LogP contribution in [0.4, 0.5) is 0 Å². The highest BCUT2D eigenvalue weighted by Crippen LogP contribution is 2.36. The van der Waals surface area contributed by atoms with E-state index in [0.717, 1.165) is 42.8 Å². The molecule has 0 saturated heterocycles. The highest BCUT2D eigenvalue weighted by molar-refractivity contribution is 9.10. The fourth-order valence-corrected chi connectivity index (χ4v) is 4.44. The fraction of sp³-hybridized carbons (Fsp3) is 0.130. The molecular weight excluding hydrogens is 512 g/mol. The predicted molar refractivity (Wildman–Crippen MR) is 121 cm³/mol. The van der Waals surface area contributed by atoms with E-state index in [1.165, 1.54) is 0 Å². The molecule has 0 bridgehead atoms. The average Bonchev–Trinajstić information content (AvgIpc) is 3.23. The smallest absolute Gasteiger partial charge is 0.231 e. The maximum atomic E-state index is 10.5. The predicted octanol–water partition coefficient (Wildman–Crippen LogP) is 4.59. The molecule has 7 heteroatoms. The first-order valence-corrected chi connectivity index (χ1v) is 11.1. The van der Waals surface area contributed by atoms with Crippen LogP contribution in [-0.2, 0) is 0 Å². The third kappa shape index (κ3) is 3.80. The van der Waals surface area contributed by atoms with E-state index in [-0.39, 0.29) is 24.8 Å². The zero-order chi connectivity index (χ0) is 20.7. The largest absolute Gasteiger partial charge is 0.507 e. The van der Waals surface area contributed by atoms with Crippen molar-refractivity contribution in [3.63, 3.8) is 0 Å². The molecule has 30 heavy (non-hydrogen) atoms. The fourth-order valence-electron chi connectivity index (χ4n) is 3.80. The quantitative estimate of drug-likeness (QED) is 0.463. The van der Waals surface area contributed by atoms with Crippen molar-refractivity contribution in [1.29, 1.82) is 0 Å². The van der Waals surface area contributed by atoms with Gasteiger partial charge < -0.3 is 25.2 Å².